The fourth-order valence-corrected chi connectivity index (χ4v) is 11.0. The van der Waals surface area contributed by atoms with Crippen LogP contribution >= 0.6 is 11.3 Å². The highest BCUT2D eigenvalue weighted by Gasteiger charge is 2.41. The van der Waals surface area contributed by atoms with Gasteiger partial charge in [0.2, 0.25) is 0 Å². The molecule has 0 saturated heterocycles. The van der Waals surface area contributed by atoms with Crippen LogP contribution in [0.3, 0.4) is 0 Å². The van der Waals surface area contributed by atoms with Gasteiger partial charge < -0.3 is 4.90 Å². The molecule has 0 spiro atoms. The average molecular weight is 756 g/mol. The molecule has 1 heterocycles. The summed E-state index contributed by atoms with van der Waals surface area (Å²) in [7, 11) is 0. The third kappa shape index (κ3) is 4.89. The van der Waals surface area contributed by atoms with E-state index in [2.05, 4.69) is 218 Å². The predicted octanol–water partition coefficient (Wildman–Crippen LogP) is 16.0. The highest BCUT2D eigenvalue weighted by molar-refractivity contribution is 7.25. The lowest BCUT2D eigenvalue weighted by Crippen LogP contribution is -2.22. The van der Waals surface area contributed by atoms with Crippen LogP contribution in [0.5, 0.6) is 0 Å². The minimum Gasteiger partial charge on any atom is -0.310 e. The van der Waals surface area contributed by atoms with Gasteiger partial charge in [0.1, 0.15) is 0 Å². The summed E-state index contributed by atoms with van der Waals surface area (Å²) in [6, 6.07) is 76.7. The van der Waals surface area contributed by atoms with Crippen molar-refractivity contribution in [3.05, 3.63) is 223 Å². The Kier molecular flexibility index (Phi) is 7.30. The second kappa shape index (κ2) is 12.8. The molecule has 1 aliphatic carbocycles. The zero-order chi connectivity index (χ0) is 38.4. The molecule has 1 aliphatic rings. The van der Waals surface area contributed by atoms with Gasteiger partial charge in [-0.05, 0) is 133 Å². The van der Waals surface area contributed by atoms with Crippen LogP contribution in [-0.2, 0) is 5.41 Å². The first-order chi connectivity index (χ1) is 28.6. The van der Waals surface area contributed by atoms with Gasteiger partial charge in [0.25, 0.3) is 0 Å². The molecular weight excluding hydrogens is 719 g/mol. The Morgan fingerprint density at radius 1 is 0.345 bits per heavy atom. The Bertz CT molecular complexity index is 3380. The number of fused-ring (bicyclic) bond motifs is 12. The highest BCUT2D eigenvalue weighted by atomic mass is 32.1. The number of rotatable bonds is 5. The summed E-state index contributed by atoms with van der Waals surface area (Å²) in [5.74, 6) is 0. The Labute approximate surface area is 341 Å². The van der Waals surface area contributed by atoms with Gasteiger partial charge in [-0.15, -0.1) is 11.3 Å². The summed E-state index contributed by atoms with van der Waals surface area (Å²) < 4.78 is 2.66. The van der Waals surface area contributed by atoms with Gasteiger partial charge in [0.05, 0.1) is 0 Å². The lowest BCUT2D eigenvalue weighted by Gasteiger charge is -2.31. The van der Waals surface area contributed by atoms with E-state index in [1.54, 1.807) is 0 Å². The summed E-state index contributed by atoms with van der Waals surface area (Å²) in [5.41, 5.74) is 12.1. The fraction of sp³-hybridized carbons (Fsp3) is 0.0357. The van der Waals surface area contributed by atoms with Crippen molar-refractivity contribution in [2.75, 3.05) is 4.90 Å². The van der Waals surface area contributed by atoms with E-state index in [0.29, 0.717) is 0 Å². The van der Waals surface area contributed by atoms with Crippen molar-refractivity contribution in [2.45, 2.75) is 12.3 Å². The second-order valence-corrected chi connectivity index (χ2v) is 16.9. The quantitative estimate of drug-likeness (QED) is 0.158. The molecule has 0 N–H and O–H groups in total. The maximum absolute atomic E-state index is 2.46. The largest absolute Gasteiger partial charge is 0.310 e. The van der Waals surface area contributed by atoms with E-state index in [0.717, 1.165) is 17.1 Å². The van der Waals surface area contributed by atoms with E-state index in [1.807, 2.05) is 11.3 Å². The van der Waals surface area contributed by atoms with Gasteiger partial charge in [-0.2, -0.15) is 0 Å². The van der Waals surface area contributed by atoms with E-state index < -0.39 is 0 Å². The molecule has 0 bridgehead atoms. The number of hydrogen-bond donors (Lipinski definition) is 0. The molecule has 12 rings (SSSR count). The topological polar surface area (TPSA) is 3.24 Å². The van der Waals surface area contributed by atoms with Crippen molar-refractivity contribution >= 4 is 80.9 Å². The van der Waals surface area contributed by atoms with Crippen LogP contribution in [0.4, 0.5) is 17.1 Å². The van der Waals surface area contributed by atoms with Gasteiger partial charge in [0, 0.05) is 42.6 Å². The number of hydrogen-bond acceptors (Lipinski definition) is 2. The lowest BCUT2D eigenvalue weighted by molar-refractivity contribution is 0.714. The van der Waals surface area contributed by atoms with Gasteiger partial charge in [-0.25, -0.2) is 0 Å². The summed E-state index contributed by atoms with van der Waals surface area (Å²) in [5, 5.41) is 10.3. The van der Waals surface area contributed by atoms with Crippen molar-refractivity contribution in [3.63, 3.8) is 0 Å². The molecule has 11 aromatic rings. The number of benzene rings is 10. The molecule has 0 saturated carbocycles. The summed E-state index contributed by atoms with van der Waals surface area (Å²) >= 11 is 1.86. The molecule has 1 atom stereocenters. The van der Waals surface area contributed by atoms with Crippen LogP contribution in [0, 0.1) is 0 Å². The lowest BCUT2D eigenvalue weighted by atomic mass is 9.74. The third-order valence-corrected chi connectivity index (χ3v) is 13.9. The van der Waals surface area contributed by atoms with Crippen molar-refractivity contribution in [3.8, 4) is 22.3 Å². The van der Waals surface area contributed by atoms with Crippen LogP contribution in [0.1, 0.15) is 23.6 Å². The van der Waals surface area contributed by atoms with E-state index in [9.17, 15) is 0 Å². The third-order valence-electron chi connectivity index (χ3n) is 12.7. The smallest absolute Gasteiger partial charge is 0.0468 e. The molecular formula is C56H37NS. The van der Waals surface area contributed by atoms with Crippen molar-refractivity contribution in [2.24, 2.45) is 0 Å². The first kappa shape index (κ1) is 33.2. The summed E-state index contributed by atoms with van der Waals surface area (Å²) in [4.78, 5) is 2.46. The summed E-state index contributed by atoms with van der Waals surface area (Å²) in [6.45, 7) is 2.40. The second-order valence-electron chi connectivity index (χ2n) is 15.8. The standard InChI is InChI=1S/C56H37NS/c1-56(38-13-3-2-4-14-38)52-21-11-9-19-47(52)48-31-29-41(35-53(48)56)57(40-28-30-46-44-17-6-5-15-42(44)43-16-7-8-18-45(43)50(46)34-40)39-26-23-36(24-27-39)37-25-32-55-51(33-37)49-20-10-12-22-54(49)58-55/h2-35H,1H3. The molecule has 1 aromatic heterocycles. The molecule has 10 aromatic carbocycles. The number of anilines is 3. The Hall–Kier alpha value is -7.00. The van der Waals surface area contributed by atoms with Crippen LogP contribution in [0.25, 0.3) is 74.7 Å². The average Bonchev–Trinajstić information content (AvgIpc) is 3.79. The number of thiophene rings is 1. The molecule has 0 amide bonds. The Morgan fingerprint density at radius 2 is 0.879 bits per heavy atom. The normalized spacial score (nSPS) is 14.7. The monoisotopic (exact) mass is 755 g/mol. The van der Waals surface area contributed by atoms with Crippen LogP contribution < -0.4 is 4.90 Å². The molecule has 58 heavy (non-hydrogen) atoms. The van der Waals surface area contributed by atoms with Crippen LogP contribution in [-0.4, -0.2) is 0 Å². The molecule has 0 aliphatic heterocycles. The first-order valence-electron chi connectivity index (χ1n) is 20.1. The number of nitrogens with zero attached hydrogens (tertiary/aromatic N) is 1. The van der Waals surface area contributed by atoms with E-state index >= 15 is 0 Å². The van der Waals surface area contributed by atoms with Gasteiger partial charge >= 0.3 is 0 Å². The SMILES string of the molecule is CC1(c2ccccc2)c2ccccc2-c2ccc(N(c3ccc(-c4ccc5sc6ccccc6c5c4)cc3)c3ccc4c5ccccc5c5ccccc5c4c3)cc21. The van der Waals surface area contributed by atoms with Crippen LogP contribution in [0.15, 0.2) is 206 Å². The Balaban J connectivity index is 1.06. The highest BCUT2D eigenvalue weighted by Crippen LogP contribution is 2.54. The van der Waals surface area contributed by atoms with Gasteiger partial charge in [0.15, 0.2) is 0 Å². The zero-order valence-corrected chi connectivity index (χ0v) is 32.8. The van der Waals surface area contributed by atoms with Gasteiger partial charge in [-0.3, -0.25) is 0 Å². The van der Waals surface area contributed by atoms with E-state index in [-0.39, 0.29) is 5.41 Å². The maximum Gasteiger partial charge on any atom is 0.0468 e. The Morgan fingerprint density at radius 3 is 1.64 bits per heavy atom. The van der Waals surface area contributed by atoms with E-state index in [4.69, 9.17) is 0 Å². The fourth-order valence-electron chi connectivity index (χ4n) is 9.89. The molecule has 0 radical (unpaired) electrons. The first-order valence-corrected chi connectivity index (χ1v) is 20.9. The molecule has 1 nitrogen and oxygen atoms in total. The van der Waals surface area contributed by atoms with Crippen molar-refractivity contribution in [1.29, 1.82) is 0 Å². The predicted molar refractivity (Wildman–Crippen MR) is 249 cm³/mol. The molecule has 0 fully saturated rings. The van der Waals surface area contributed by atoms with E-state index in [1.165, 1.54) is 91.4 Å². The van der Waals surface area contributed by atoms with Crippen molar-refractivity contribution in [1.82, 2.24) is 0 Å². The summed E-state index contributed by atoms with van der Waals surface area (Å²) in [6.07, 6.45) is 0. The molecule has 2 heteroatoms. The van der Waals surface area contributed by atoms with Crippen molar-refractivity contribution < 1.29 is 0 Å². The minimum absolute atomic E-state index is 0.304. The van der Waals surface area contributed by atoms with Gasteiger partial charge in [-0.1, -0.05) is 152 Å². The van der Waals surface area contributed by atoms with Crippen LogP contribution in [0.2, 0.25) is 0 Å². The zero-order valence-electron chi connectivity index (χ0n) is 32.0. The minimum atomic E-state index is -0.304. The molecule has 272 valence electrons. The maximum atomic E-state index is 2.46. The molecule has 1 unspecified atom stereocenters.